The van der Waals surface area contributed by atoms with Gasteiger partial charge in [-0.05, 0) is 97.2 Å². The molecule has 5 aromatic rings. The fraction of sp³-hybridized carbons (Fsp3) is 0.167. The van der Waals surface area contributed by atoms with Crippen LogP contribution in [0.5, 0.6) is 0 Å². The Bertz CT molecular complexity index is 1690. The number of thiocarbonyl (C=S) groups is 1. The van der Waals surface area contributed by atoms with Crippen LogP contribution in [0.15, 0.2) is 75.6 Å². The highest BCUT2D eigenvalue weighted by molar-refractivity contribution is 7.80. The Morgan fingerprint density at radius 3 is 2.47 bits per heavy atom. The average molecular weight is 544 g/mol. The molecule has 192 valence electrons. The standard InChI is InChI=1S/C30H26ClN3O3S/c1-16(2)19-8-10-26-24(14-19)32-29(37-26)21-7-9-22(31)23(15-21)33-30(38)34-28(35)27-12-11-25(36-27)20-6-5-17(3)18(4)13-20/h5-16H,1-4H3,(H2,33,34,35,38). The second-order valence-electron chi connectivity index (χ2n) is 9.47. The zero-order valence-corrected chi connectivity index (χ0v) is 23.0. The number of rotatable bonds is 5. The van der Waals surface area contributed by atoms with Gasteiger partial charge in [0, 0.05) is 11.1 Å². The highest BCUT2D eigenvalue weighted by Crippen LogP contribution is 2.31. The number of fused-ring (bicyclic) bond motifs is 1. The van der Waals surface area contributed by atoms with Crippen molar-refractivity contribution in [3.63, 3.8) is 0 Å². The van der Waals surface area contributed by atoms with Crippen LogP contribution in [0.1, 0.15) is 47.0 Å². The number of nitrogens with zero attached hydrogens (tertiary/aromatic N) is 1. The average Bonchev–Trinajstić information content (AvgIpc) is 3.54. The van der Waals surface area contributed by atoms with Gasteiger partial charge < -0.3 is 14.2 Å². The molecule has 0 saturated heterocycles. The maximum Gasteiger partial charge on any atom is 0.293 e. The van der Waals surface area contributed by atoms with Crippen LogP contribution >= 0.6 is 23.8 Å². The largest absolute Gasteiger partial charge is 0.451 e. The minimum atomic E-state index is -0.468. The summed E-state index contributed by atoms with van der Waals surface area (Å²) in [5.74, 6) is 1.14. The van der Waals surface area contributed by atoms with E-state index in [0.717, 1.165) is 22.2 Å². The van der Waals surface area contributed by atoms with E-state index in [1.54, 1.807) is 24.3 Å². The lowest BCUT2D eigenvalue weighted by atomic mass is 10.0. The number of hydrogen-bond donors (Lipinski definition) is 2. The highest BCUT2D eigenvalue weighted by atomic mass is 35.5. The molecule has 0 aliphatic carbocycles. The first-order valence-electron chi connectivity index (χ1n) is 12.2. The van der Waals surface area contributed by atoms with Crippen molar-refractivity contribution in [2.24, 2.45) is 0 Å². The predicted molar refractivity (Wildman–Crippen MR) is 156 cm³/mol. The van der Waals surface area contributed by atoms with Crippen molar-refractivity contribution in [1.29, 1.82) is 0 Å². The van der Waals surface area contributed by atoms with Crippen molar-refractivity contribution in [3.05, 3.63) is 94.2 Å². The Morgan fingerprint density at radius 2 is 1.71 bits per heavy atom. The van der Waals surface area contributed by atoms with E-state index in [9.17, 15) is 4.79 Å². The first kappa shape index (κ1) is 25.7. The number of hydrogen-bond acceptors (Lipinski definition) is 5. The molecule has 2 heterocycles. The van der Waals surface area contributed by atoms with Gasteiger partial charge in [0.1, 0.15) is 11.3 Å². The van der Waals surface area contributed by atoms with Gasteiger partial charge in [-0.1, -0.05) is 43.6 Å². The van der Waals surface area contributed by atoms with Gasteiger partial charge in [-0.2, -0.15) is 0 Å². The van der Waals surface area contributed by atoms with Gasteiger partial charge in [0.15, 0.2) is 16.5 Å². The maximum atomic E-state index is 12.8. The van der Waals surface area contributed by atoms with Crippen molar-refractivity contribution in [2.45, 2.75) is 33.6 Å². The van der Waals surface area contributed by atoms with Gasteiger partial charge in [0.2, 0.25) is 5.89 Å². The number of aryl methyl sites for hydroxylation is 2. The van der Waals surface area contributed by atoms with E-state index in [4.69, 9.17) is 32.7 Å². The Kier molecular flexibility index (Phi) is 7.06. The molecular weight excluding hydrogens is 518 g/mol. The second-order valence-corrected chi connectivity index (χ2v) is 10.3. The Morgan fingerprint density at radius 1 is 0.921 bits per heavy atom. The van der Waals surface area contributed by atoms with Gasteiger partial charge in [-0.25, -0.2) is 4.98 Å². The number of carbonyl (C=O) groups excluding carboxylic acids is 1. The molecule has 0 spiro atoms. The Balaban J connectivity index is 1.30. The Labute approximate surface area is 231 Å². The quantitative estimate of drug-likeness (QED) is 0.217. The zero-order valence-electron chi connectivity index (χ0n) is 21.4. The first-order valence-corrected chi connectivity index (χ1v) is 13.0. The Hall–Kier alpha value is -3.94. The third-order valence-electron chi connectivity index (χ3n) is 6.39. The van der Waals surface area contributed by atoms with Crippen LogP contribution < -0.4 is 10.6 Å². The summed E-state index contributed by atoms with van der Waals surface area (Å²) in [6, 6.07) is 20.7. The lowest BCUT2D eigenvalue weighted by Crippen LogP contribution is -2.34. The van der Waals surface area contributed by atoms with E-state index in [2.05, 4.69) is 29.5 Å². The van der Waals surface area contributed by atoms with Crippen LogP contribution in [-0.2, 0) is 0 Å². The summed E-state index contributed by atoms with van der Waals surface area (Å²) in [6.07, 6.45) is 0. The number of oxazole rings is 1. The number of nitrogens with one attached hydrogen (secondary N) is 2. The smallest absolute Gasteiger partial charge is 0.293 e. The molecule has 3 aromatic carbocycles. The molecule has 38 heavy (non-hydrogen) atoms. The minimum Gasteiger partial charge on any atom is -0.451 e. The molecule has 0 atom stereocenters. The van der Waals surface area contributed by atoms with Gasteiger partial charge in [0.25, 0.3) is 5.91 Å². The normalized spacial score (nSPS) is 11.2. The van der Waals surface area contributed by atoms with E-state index >= 15 is 0 Å². The molecule has 0 aliphatic heterocycles. The summed E-state index contributed by atoms with van der Waals surface area (Å²) < 4.78 is 11.8. The molecule has 0 unspecified atom stereocenters. The molecule has 0 aliphatic rings. The lowest BCUT2D eigenvalue weighted by molar-refractivity contribution is 0.0951. The van der Waals surface area contributed by atoms with E-state index in [-0.39, 0.29) is 10.9 Å². The topological polar surface area (TPSA) is 80.3 Å². The first-order chi connectivity index (χ1) is 18.2. The number of aromatic nitrogens is 1. The highest BCUT2D eigenvalue weighted by Gasteiger charge is 2.16. The zero-order chi connectivity index (χ0) is 27.0. The number of carbonyl (C=O) groups is 1. The maximum absolute atomic E-state index is 12.8. The molecule has 0 radical (unpaired) electrons. The van der Waals surface area contributed by atoms with Gasteiger partial charge in [0.05, 0.1) is 10.7 Å². The van der Waals surface area contributed by atoms with Crippen molar-refractivity contribution in [3.8, 4) is 22.8 Å². The van der Waals surface area contributed by atoms with Crippen LogP contribution in [0.2, 0.25) is 5.02 Å². The van der Waals surface area contributed by atoms with E-state index in [1.165, 1.54) is 11.1 Å². The lowest BCUT2D eigenvalue weighted by Gasteiger charge is -2.11. The third kappa shape index (κ3) is 5.35. The SMILES string of the molecule is Cc1ccc(-c2ccc(C(=O)NC(=S)Nc3cc(-c4nc5cc(C(C)C)ccc5o4)ccc3Cl)o2)cc1C. The number of furan rings is 1. The molecule has 5 rings (SSSR count). The van der Waals surface area contributed by atoms with Gasteiger partial charge >= 0.3 is 0 Å². The molecule has 6 nitrogen and oxygen atoms in total. The minimum absolute atomic E-state index is 0.0809. The summed E-state index contributed by atoms with van der Waals surface area (Å²) in [5.41, 5.74) is 7.14. The number of halogens is 1. The number of anilines is 1. The molecule has 1 amide bonds. The summed E-state index contributed by atoms with van der Waals surface area (Å²) in [5, 5.41) is 6.14. The summed E-state index contributed by atoms with van der Waals surface area (Å²) >= 11 is 11.8. The molecule has 0 bridgehead atoms. The summed E-state index contributed by atoms with van der Waals surface area (Å²) in [6.45, 7) is 8.35. The molecule has 0 fully saturated rings. The van der Waals surface area contributed by atoms with Crippen molar-refractivity contribution < 1.29 is 13.6 Å². The van der Waals surface area contributed by atoms with E-state index in [1.807, 2.05) is 56.3 Å². The van der Waals surface area contributed by atoms with Gasteiger partial charge in [-0.15, -0.1) is 0 Å². The van der Waals surface area contributed by atoms with Crippen molar-refractivity contribution in [2.75, 3.05) is 5.32 Å². The van der Waals surface area contributed by atoms with Crippen LogP contribution in [0.3, 0.4) is 0 Å². The fourth-order valence-corrected chi connectivity index (χ4v) is 4.38. The molecule has 0 saturated carbocycles. The summed E-state index contributed by atoms with van der Waals surface area (Å²) in [4.78, 5) is 17.4. The van der Waals surface area contributed by atoms with Crippen molar-refractivity contribution >= 4 is 51.6 Å². The van der Waals surface area contributed by atoms with Crippen LogP contribution in [0, 0.1) is 13.8 Å². The monoisotopic (exact) mass is 543 g/mol. The third-order valence-corrected chi connectivity index (χ3v) is 6.92. The van der Waals surface area contributed by atoms with E-state index in [0.29, 0.717) is 33.9 Å². The molecular formula is C30H26ClN3O3S. The van der Waals surface area contributed by atoms with Crippen molar-refractivity contribution in [1.82, 2.24) is 10.3 Å². The molecule has 2 N–H and O–H groups in total. The molecule has 2 aromatic heterocycles. The summed E-state index contributed by atoms with van der Waals surface area (Å²) in [7, 11) is 0. The number of amides is 1. The van der Waals surface area contributed by atoms with Crippen LogP contribution in [-0.4, -0.2) is 16.0 Å². The number of benzene rings is 3. The molecule has 8 heteroatoms. The predicted octanol–water partition coefficient (Wildman–Crippen LogP) is 8.28. The van der Waals surface area contributed by atoms with Crippen LogP contribution in [0.4, 0.5) is 5.69 Å². The van der Waals surface area contributed by atoms with Gasteiger partial charge in [-0.3, -0.25) is 10.1 Å². The fourth-order valence-electron chi connectivity index (χ4n) is 4.01. The van der Waals surface area contributed by atoms with E-state index < -0.39 is 5.91 Å². The second kappa shape index (κ2) is 10.4. The van der Waals surface area contributed by atoms with Crippen LogP contribution in [0.25, 0.3) is 33.9 Å².